The van der Waals surface area contributed by atoms with E-state index in [-0.39, 0.29) is 10.7 Å². The van der Waals surface area contributed by atoms with Gasteiger partial charge in [-0.2, -0.15) is 4.39 Å². The lowest BCUT2D eigenvalue weighted by molar-refractivity contribution is 0.460. The topological polar surface area (TPSA) is 26.0 Å². The minimum atomic E-state index is -0.101. The molecule has 0 bridgehead atoms. The summed E-state index contributed by atoms with van der Waals surface area (Å²) in [6, 6.07) is 3.37. The van der Waals surface area contributed by atoms with Gasteiger partial charge in [0, 0.05) is 10.4 Å². The molecule has 1 aromatic rings. The lowest BCUT2D eigenvalue weighted by Crippen LogP contribution is -2.31. The third-order valence-corrected chi connectivity index (χ3v) is 2.81. The van der Waals surface area contributed by atoms with Crippen LogP contribution in [0, 0.1) is 5.13 Å². The fourth-order valence-electron chi connectivity index (χ4n) is 1.20. The van der Waals surface area contributed by atoms with Crippen LogP contribution < -0.4 is 5.73 Å². The first-order valence-electron chi connectivity index (χ1n) is 4.50. The molecular formula is C10H16FNS. The molecule has 13 heavy (non-hydrogen) atoms. The lowest BCUT2D eigenvalue weighted by Gasteiger charge is -2.17. The van der Waals surface area contributed by atoms with Crippen molar-refractivity contribution >= 4 is 11.3 Å². The van der Waals surface area contributed by atoms with Crippen LogP contribution in [-0.4, -0.2) is 5.54 Å². The molecule has 0 atom stereocenters. The molecule has 0 saturated carbocycles. The number of rotatable bonds is 4. The highest BCUT2D eigenvalue weighted by atomic mass is 32.1. The fraction of sp³-hybridized carbons (Fsp3) is 0.600. The second-order valence-electron chi connectivity index (χ2n) is 4.05. The molecule has 2 N–H and O–H groups in total. The van der Waals surface area contributed by atoms with Crippen molar-refractivity contribution in [3.05, 3.63) is 22.1 Å². The maximum Gasteiger partial charge on any atom is 0.176 e. The van der Waals surface area contributed by atoms with Gasteiger partial charge < -0.3 is 5.73 Å². The van der Waals surface area contributed by atoms with E-state index in [2.05, 4.69) is 0 Å². The standard InChI is InChI=1S/C10H16FNS/c1-10(2,12)7-3-4-8-5-6-9(11)13-8/h5-6H,3-4,7,12H2,1-2H3. The van der Waals surface area contributed by atoms with Crippen molar-refractivity contribution in [1.82, 2.24) is 0 Å². The molecule has 0 aromatic carbocycles. The van der Waals surface area contributed by atoms with Gasteiger partial charge in [-0.3, -0.25) is 0 Å². The lowest BCUT2D eigenvalue weighted by atomic mass is 9.99. The quantitative estimate of drug-likeness (QED) is 0.796. The summed E-state index contributed by atoms with van der Waals surface area (Å²) in [5.74, 6) is 0. The molecule has 0 amide bonds. The largest absolute Gasteiger partial charge is 0.326 e. The molecule has 1 rings (SSSR count). The first-order chi connectivity index (χ1) is 5.97. The minimum absolute atomic E-state index is 0.0954. The van der Waals surface area contributed by atoms with E-state index in [0.29, 0.717) is 0 Å². The first kappa shape index (κ1) is 10.7. The summed E-state index contributed by atoms with van der Waals surface area (Å²) < 4.78 is 12.6. The van der Waals surface area contributed by atoms with E-state index in [1.807, 2.05) is 19.9 Å². The first-order valence-corrected chi connectivity index (χ1v) is 5.32. The molecule has 0 saturated heterocycles. The monoisotopic (exact) mass is 201 g/mol. The van der Waals surface area contributed by atoms with Gasteiger partial charge in [0.05, 0.1) is 0 Å². The number of hydrogen-bond donors (Lipinski definition) is 1. The van der Waals surface area contributed by atoms with Gasteiger partial charge in [0.2, 0.25) is 0 Å². The van der Waals surface area contributed by atoms with Gasteiger partial charge in [-0.05, 0) is 45.2 Å². The molecular weight excluding hydrogens is 185 g/mol. The summed E-state index contributed by atoms with van der Waals surface area (Å²) in [7, 11) is 0. The number of thiophene rings is 1. The van der Waals surface area contributed by atoms with Crippen LogP contribution in [0.5, 0.6) is 0 Å². The van der Waals surface area contributed by atoms with Crippen molar-refractivity contribution < 1.29 is 4.39 Å². The summed E-state index contributed by atoms with van der Waals surface area (Å²) in [5, 5.41) is -0.0954. The third kappa shape index (κ3) is 4.39. The summed E-state index contributed by atoms with van der Waals surface area (Å²) >= 11 is 1.23. The Balaban J connectivity index is 2.28. The molecule has 0 aliphatic carbocycles. The van der Waals surface area contributed by atoms with Gasteiger partial charge in [0.25, 0.3) is 0 Å². The molecule has 0 spiro atoms. The summed E-state index contributed by atoms with van der Waals surface area (Å²) in [4.78, 5) is 1.11. The predicted molar refractivity (Wildman–Crippen MR) is 55.5 cm³/mol. The Morgan fingerprint density at radius 3 is 2.62 bits per heavy atom. The number of aryl methyl sites for hydroxylation is 1. The van der Waals surface area contributed by atoms with Crippen molar-refractivity contribution in [2.45, 2.75) is 38.6 Å². The van der Waals surface area contributed by atoms with E-state index in [4.69, 9.17) is 5.73 Å². The number of nitrogens with two attached hydrogens (primary N) is 1. The highest BCUT2D eigenvalue weighted by Crippen LogP contribution is 2.18. The number of hydrogen-bond acceptors (Lipinski definition) is 2. The molecule has 0 fully saturated rings. The Morgan fingerprint density at radius 2 is 2.15 bits per heavy atom. The van der Waals surface area contributed by atoms with Crippen LogP contribution in [0.25, 0.3) is 0 Å². The van der Waals surface area contributed by atoms with E-state index in [9.17, 15) is 4.39 Å². The Hall–Kier alpha value is -0.410. The smallest absolute Gasteiger partial charge is 0.176 e. The zero-order valence-electron chi connectivity index (χ0n) is 8.14. The Bertz CT molecular complexity index is 262. The molecule has 74 valence electrons. The van der Waals surface area contributed by atoms with Crippen LogP contribution in [0.1, 0.15) is 31.6 Å². The normalized spacial score (nSPS) is 12.0. The van der Waals surface area contributed by atoms with Gasteiger partial charge in [-0.1, -0.05) is 0 Å². The summed E-state index contributed by atoms with van der Waals surface area (Å²) in [5.41, 5.74) is 5.73. The molecule has 1 heterocycles. The van der Waals surface area contributed by atoms with Crippen LogP contribution in [0.3, 0.4) is 0 Å². The van der Waals surface area contributed by atoms with E-state index >= 15 is 0 Å². The summed E-state index contributed by atoms with van der Waals surface area (Å²) in [6.45, 7) is 4.03. The highest BCUT2D eigenvalue weighted by molar-refractivity contribution is 7.10. The van der Waals surface area contributed by atoms with Crippen LogP contribution in [0.15, 0.2) is 12.1 Å². The van der Waals surface area contributed by atoms with Crippen LogP contribution >= 0.6 is 11.3 Å². The zero-order valence-corrected chi connectivity index (χ0v) is 8.96. The van der Waals surface area contributed by atoms with Gasteiger partial charge in [0.15, 0.2) is 5.13 Å². The molecule has 1 aromatic heterocycles. The van der Waals surface area contributed by atoms with Gasteiger partial charge in [-0.15, -0.1) is 11.3 Å². The van der Waals surface area contributed by atoms with Crippen LogP contribution in [0.2, 0.25) is 0 Å². The zero-order chi connectivity index (χ0) is 9.90. The fourth-order valence-corrected chi connectivity index (χ4v) is 1.97. The van der Waals surface area contributed by atoms with Crippen LogP contribution in [-0.2, 0) is 6.42 Å². The van der Waals surface area contributed by atoms with E-state index < -0.39 is 0 Å². The maximum absolute atomic E-state index is 12.6. The average Bonchev–Trinajstić information content (AvgIpc) is 2.33. The van der Waals surface area contributed by atoms with E-state index in [0.717, 1.165) is 24.1 Å². The molecule has 0 aliphatic rings. The molecule has 3 heteroatoms. The average molecular weight is 201 g/mol. The summed E-state index contributed by atoms with van der Waals surface area (Å²) in [6.07, 6.45) is 2.95. The number of halogens is 1. The Morgan fingerprint density at radius 1 is 1.46 bits per heavy atom. The second kappa shape index (κ2) is 4.20. The molecule has 1 nitrogen and oxygen atoms in total. The maximum atomic E-state index is 12.6. The predicted octanol–water partition coefficient (Wildman–Crippen LogP) is 2.95. The van der Waals surface area contributed by atoms with E-state index in [1.165, 1.54) is 17.4 Å². The van der Waals surface area contributed by atoms with Crippen LogP contribution in [0.4, 0.5) is 4.39 Å². The van der Waals surface area contributed by atoms with Gasteiger partial charge in [-0.25, -0.2) is 0 Å². The highest BCUT2D eigenvalue weighted by Gasteiger charge is 2.10. The van der Waals surface area contributed by atoms with Crippen molar-refractivity contribution in [3.63, 3.8) is 0 Å². The Labute approximate surface area is 82.8 Å². The molecule has 0 aliphatic heterocycles. The van der Waals surface area contributed by atoms with Gasteiger partial charge >= 0.3 is 0 Å². The van der Waals surface area contributed by atoms with Gasteiger partial charge in [0.1, 0.15) is 0 Å². The van der Waals surface area contributed by atoms with Crippen molar-refractivity contribution in [2.24, 2.45) is 5.73 Å². The molecule has 0 radical (unpaired) electrons. The Kier molecular flexibility index (Phi) is 3.45. The van der Waals surface area contributed by atoms with E-state index in [1.54, 1.807) is 0 Å². The third-order valence-electron chi connectivity index (χ3n) is 1.87. The second-order valence-corrected chi connectivity index (χ2v) is 5.17. The SMILES string of the molecule is CC(C)(N)CCCc1ccc(F)s1. The van der Waals surface area contributed by atoms with Crippen molar-refractivity contribution in [2.75, 3.05) is 0 Å². The van der Waals surface area contributed by atoms with Crippen molar-refractivity contribution in [3.8, 4) is 0 Å². The van der Waals surface area contributed by atoms with Crippen molar-refractivity contribution in [1.29, 1.82) is 0 Å². The molecule has 0 unspecified atom stereocenters. The minimum Gasteiger partial charge on any atom is -0.326 e.